The van der Waals surface area contributed by atoms with Crippen molar-refractivity contribution >= 4 is 28.6 Å². The number of carbonyl (C=O) groups is 1. The summed E-state index contributed by atoms with van der Waals surface area (Å²) in [5.74, 6) is 1.31. The van der Waals surface area contributed by atoms with Gasteiger partial charge in [0.25, 0.3) is 5.91 Å². The zero-order valence-corrected chi connectivity index (χ0v) is 28.6. The Bertz CT molecular complexity index is 1900. The molecule has 3 aromatic heterocycles. The fraction of sp³-hybridized carbons (Fsp3) is 0.317. The molecule has 0 spiro atoms. The molecule has 0 saturated carbocycles. The van der Waals surface area contributed by atoms with Crippen LogP contribution in [-0.2, 0) is 6.54 Å². The van der Waals surface area contributed by atoms with E-state index in [0.717, 1.165) is 59.0 Å². The number of carbonyl (C=O) groups excluding carboxylic acids is 1. The lowest BCUT2D eigenvalue weighted by atomic mass is 10.00. The Kier molecular flexibility index (Phi) is 10.6. The third-order valence-electron chi connectivity index (χ3n) is 8.93. The molecular formula is C41H46N6O. The summed E-state index contributed by atoms with van der Waals surface area (Å²) in [4.78, 5) is 32.0. The lowest BCUT2D eigenvalue weighted by molar-refractivity contribution is 0.0756. The van der Waals surface area contributed by atoms with Crippen LogP contribution < -0.4 is 0 Å². The van der Waals surface area contributed by atoms with Gasteiger partial charge in [-0.2, -0.15) is 0 Å². The topological polar surface area (TPSA) is 67.2 Å². The molecule has 246 valence electrons. The van der Waals surface area contributed by atoms with Crippen LogP contribution in [0.1, 0.15) is 70.9 Å². The molecular weight excluding hydrogens is 592 g/mol. The van der Waals surface area contributed by atoms with E-state index in [4.69, 9.17) is 4.98 Å². The lowest BCUT2D eigenvalue weighted by Gasteiger charge is -2.23. The molecule has 0 bridgehead atoms. The highest BCUT2D eigenvalue weighted by Gasteiger charge is 2.17. The van der Waals surface area contributed by atoms with Crippen LogP contribution in [0.2, 0.25) is 0 Å². The summed E-state index contributed by atoms with van der Waals surface area (Å²) in [6.45, 7) is 13.5. The Hall–Kier alpha value is -4.88. The molecule has 2 aromatic carbocycles. The van der Waals surface area contributed by atoms with Crippen molar-refractivity contribution in [1.29, 1.82) is 0 Å². The molecule has 7 heteroatoms. The second kappa shape index (κ2) is 15.3. The normalized spacial score (nSPS) is 14.1. The van der Waals surface area contributed by atoms with Gasteiger partial charge >= 0.3 is 0 Å². The highest BCUT2D eigenvalue weighted by atomic mass is 16.2. The predicted molar refractivity (Wildman–Crippen MR) is 196 cm³/mol. The van der Waals surface area contributed by atoms with E-state index in [9.17, 15) is 4.79 Å². The van der Waals surface area contributed by atoms with Crippen molar-refractivity contribution in [1.82, 2.24) is 29.3 Å². The van der Waals surface area contributed by atoms with Gasteiger partial charge < -0.3 is 9.47 Å². The Balaban J connectivity index is 1.16. The van der Waals surface area contributed by atoms with Crippen LogP contribution in [0.5, 0.6) is 0 Å². The van der Waals surface area contributed by atoms with Gasteiger partial charge in [-0.3, -0.25) is 14.7 Å². The number of likely N-dealkylation sites (tertiary alicyclic amines) is 1. The largest absolute Gasteiger partial charge is 0.335 e. The predicted octanol–water partition coefficient (Wildman–Crippen LogP) is 7.83. The Labute approximate surface area is 284 Å². The average Bonchev–Trinajstić information content (AvgIpc) is 3.73. The van der Waals surface area contributed by atoms with Crippen LogP contribution in [-0.4, -0.2) is 67.9 Å². The van der Waals surface area contributed by atoms with Gasteiger partial charge in [-0.1, -0.05) is 74.0 Å². The van der Waals surface area contributed by atoms with Crippen LogP contribution in [0.15, 0.2) is 97.3 Å². The quantitative estimate of drug-likeness (QED) is 0.139. The summed E-state index contributed by atoms with van der Waals surface area (Å²) in [7, 11) is 0. The summed E-state index contributed by atoms with van der Waals surface area (Å²) < 4.78 is 2.18. The van der Waals surface area contributed by atoms with Gasteiger partial charge in [0.05, 0.1) is 23.1 Å². The average molecular weight is 639 g/mol. The van der Waals surface area contributed by atoms with E-state index in [2.05, 4.69) is 88.8 Å². The first-order valence-electron chi connectivity index (χ1n) is 17.1. The first kappa shape index (κ1) is 33.0. The summed E-state index contributed by atoms with van der Waals surface area (Å²) in [6.07, 6.45) is 12.6. The number of imidazole rings is 1. The molecule has 5 aromatic rings. The van der Waals surface area contributed by atoms with Crippen molar-refractivity contribution in [2.75, 3.05) is 32.7 Å². The van der Waals surface area contributed by atoms with Crippen molar-refractivity contribution in [3.8, 4) is 0 Å². The highest BCUT2D eigenvalue weighted by Crippen LogP contribution is 2.24. The van der Waals surface area contributed by atoms with Crippen molar-refractivity contribution in [3.05, 3.63) is 137 Å². The molecule has 0 radical (unpaired) electrons. The number of rotatable bonds is 12. The van der Waals surface area contributed by atoms with Crippen molar-refractivity contribution < 1.29 is 4.79 Å². The lowest BCUT2D eigenvalue weighted by Crippen LogP contribution is -2.34. The van der Waals surface area contributed by atoms with Gasteiger partial charge in [0, 0.05) is 43.5 Å². The highest BCUT2D eigenvalue weighted by molar-refractivity contribution is 5.94. The SMILES string of the molecule is Cc1ccc(/C(=C\CN2CCCC2)c2cccc(/C=C/CN(CC(C)C)C(=O)c3ccc(Cn4c(C)nc5cnccc54)cc3)n2)cc1. The molecule has 1 fully saturated rings. The van der Waals surface area contributed by atoms with Crippen LogP contribution in [0.4, 0.5) is 0 Å². The van der Waals surface area contributed by atoms with Gasteiger partial charge in [0.15, 0.2) is 0 Å². The zero-order valence-electron chi connectivity index (χ0n) is 28.6. The minimum atomic E-state index is 0.0310. The molecule has 0 N–H and O–H groups in total. The number of hydrogen-bond donors (Lipinski definition) is 0. The van der Waals surface area contributed by atoms with E-state index in [1.807, 2.05) is 54.3 Å². The fourth-order valence-corrected chi connectivity index (χ4v) is 6.38. The smallest absolute Gasteiger partial charge is 0.254 e. The van der Waals surface area contributed by atoms with Gasteiger partial charge in [-0.05, 0) is 93.2 Å². The maximum Gasteiger partial charge on any atom is 0.254 e. The molecule has 1 aliphatic rings. The Morgan fingerprint density at radius 3 is 2.42 bits per heavy atom. The van der Waals surface area contributed by atoms with Crippen molar-refractivity contribution in [2.45, 2.75) is 47.1 Å². The molecule has 0 atom stereocenters. The number of fused-ring (bicyclic) bond motifs is 1. The third kappa shape index (κ3) is 8.15. The van der Waals surface area contributed by atoms with Crippen LogP contribution in [0, 0.1) is 19.8 Å². The van der Waals surface area contributed by atoms with Crippen LogP contribution in [0.25, 0.3) is 22.7 Å². The molecule has 6 rings (SSSR count). The summed E-state index contributed by atoms with van der Waals surface area (Å²) in [6, 6.07) is 24.9. The van der Waals surface area contributed by atoms with Crippen LogP contribution >= 0.6 is 0 Å². The van der Waals surface area contributed by atoms with E-state index in [1.54, 1.807) is 12.4 Å². The number of pyridine rings is 2. The van der Waals surface area contributed by atoms with Gasteiger partial charge in [0.1, 0.15) is 11.3 Å². The number of hydrogen-bond acceptors (Lipinski definition) is 5. The van der Waals surface area contributed by atoms with Gasteiger partial charge in [-0.15, -0.1) is 0 Å². The summed E-state index contributed by atoms with van der Waals surface area (Å²) in [5, 5.41) is 0. The number of amides is 1. The van der Waals surface area contributed by atoms with E-state index >= 15 is 0 Å². The zero-order chi connectivity index (χ0) is 33.5. The van der Waals surface area contributed by atoms with E-state index in [-0.39, 0.29) is 5.91 Å². The first-order valence-corrected chi connectivity index (χ1v) is 17.1. The van der Waals surface area contributed by atoms with Gasteiger partial charge in [0.2, 0.25) is 0 Å². The summed E-state index contributed by atoms with van der Waals surface area (Å²) in [5.41, 5.74) is 9.18. The number of aryl methyl sites for hydroxylation is 2. The molecule has 4 heterocycles. The standard InChI is InChI=1S/C41H46N6O/c1-30(2)28-46(41(48)35-18-14-33(15-19-35)29-47-32(4)43-39-27-42-22-20-40(39)47)25-8-10-36-9-7-11-38(44-36)37(21-26-45-23-5-6-24-45)34-16-12-31(3)13-17-34/h7-22,27,30H,5-6,23-26,28-29H2,1-4H3/b10-8+,37-21+. The molecule has 1 aliphatic heterocycles. The molecule has 1 amide bonds. The maximum atomic E-state index is 13.7. The van der Waals surface area contributed by atoms with Crippen molar-refractivity contribution in [3.63, 3.8) is 0 Å². The molecule has 0 aliphatic carbocycles. The Morgan fingerprint density at radius 1 is 0.917 bits per heavy atom. The van der Waals surface area contributed by atoms with Crippen LogP contribution in [0.3, 0.4) is 0 Å². The van der Waals surface area contributed by atoms with E-state index in [1.165, 1.54) is 24.0 Å². The van der Waals surface area contributed by atoms with Gasteiger partial charge in [-0.25, -0.2) is 9.97 Å². The molecule has 7 nitrogen and oxygen atoms in total. The van der Waals surface area contributed by atoms with E-state index in [0.29, 0.717) is 31.1 Å². The number of aromatic nitrogens is 4. The van der Waals surface area contributed by atoms with Crippen molar-refractivity contribution in [2.24, 2.45) is 5.92 Å². The second-order valence-corrected chi connectivity index (χ2v) is 13.3. The number of benzene rings is 2. The maximum absolute atomic E-state index is 13.7. The summed E-state index contributed by atoms with van der Waals surface area (Å²) >= 11 is 0. The molecule has 48 heavy (non-hydrogen) atoms. The molecule has 1 saturated heterocycles. The number of nitrogens with zero attached hydrogens (tertiary/aromatic N) is 6. The fourth-order valence-electron chi connectivity index (χ4n) is 6.38. The minimum absolute atomic E-state index is 0.0310. The molecule has 0 unspecified atom stereocenters. The third-order valence-corrected chi connectivity index (χ3v) is 8.93. The minimum Gasteiger partial charge on any atom is -0.335 e. The first-order chi connectivity index (χ1) is 23.3. The second-order valence-electron chi connectivity index (χ2n) is 13.3. The monoisotopic (exact) mass is 638 g/mol. The van der Waals surface area contributed by atoms with E-state index < -0.39 is 0 Å². The Morgan fingerprint density at radius 2 is 1.67 bits per heavy atom.